The summed E-state index contributed by atoms with van der Waals surface area (Å²) in [5.41, 5.74) is 3.97. The van der Waals surface area contributed by atoms with Gasteiger partial charge in [0.25, 0.3) is 0 Å². The van der Waals surface area contributed by atoms with E-state index in [9.17, 15) is 13.5 Å². The number of hydrogen-bond donors (Lipinski definition) is 2. The lowest BCUT2D eigenvalue weighted by molar-refractivity contribution is 0.182. The molecule has 1 aliphatic heterocycles. The third kappa shape index (κ3) is 3.45. The van der Waals surface area contributed by atoms with Crippen LogP contribution >= 0.6 is 0 Å². The maximum absolute atomic E-state index is 12.3. The van der Waals surface area contributed by atoms with Crippen molar-refractivity contribution in [2.24, 2.45) is 0 Å². The van der Waals surface area contributed by atoms with Crippen molar-refractivity contribution in [3.05, 3.63) is 59.2 Å². The highest BCUT2D eigenvalue weighted by molar-refractivity contribution is 7.89. The topological polar surface area (TPSA) is 69.6 Å². The molecule has 0 fully saturated rings. The lowest BCUT2D eigenvalue weighted by Gasteiger charge is -2.16. The van der Waals surface area contributed by atoms with Gasteiger partial charge in [-0.1, -0.05) is 24.3 Å². The monoisotopic (exact) mass is 346 g/mol. The highest BCUT2D eigenvalue weighted by Gasteiger charge is 2.20. The van der Waals surface area contributed by atoms with E-state index in [1.165, 1.54) is 11.3 Å². The zero-order valence-corrected chi connectivity index (χ0v) is 14.7. The minimum Gasteiger partial charge on any atom is -0.387 e. The number of nitrogens with zero attached hydrogens (tertiary/aromatic N) is 1. The fraction of sp³-hybridized carbons (Fsp3) is 0.333. The number of hydrogen-bond acceptors (Lipinski definition) is 4. The summed E-state index contributed by atoms with van der Waals surface area (Å²) in [4.78, 5) is 2.39. The molecule has 24 heavy (non-hydrogen) atoms. The van der Waals surface area contributed by atoms with Crippen molar-refractivity contribution >= 4 is 15.7 Å². The highest BCUT2D eigenvalue weighted by atomic mass is 32.2. The first-order valence-electron chi connectivity index (χ1n) is 7.95. The molecule has 0 spiro atoms. The van der Waals surface area contributed by atoms with E-state index in [1.807, 2.05) is 38.2 Å². The molecule has 5 nitrogen and oxygen atoms in total. The molecule has 0 saturated carbocycles. The van der Waals surface area contributed by atoms with Crippen LogP contribution in [0.2, 0.25) is 0 Å². The van der Waals surface area contributed by atoms with Gasteiger partial charge in [-0.2, -0.15) is 0 Å². The normalized spacial score (nSPS) is 15.4. The molecule has 0 aliphatic carbocycles. The second-order valence-corrected chi connectivity index (χ2v) is 8.01. The Hall–Kier alpha value is -1.89. The van der Waals surface area contributed by atoms with Crippen molar-refractivity contribution in [2.75, 3.05) is 25.0 Å². The third-order valence-electron chi connectivity index (χ3n) is 4.38. The first-order valence-corrected chi connectivity index (χ1v) is 9.43. The largest absolute Gasteiger partial charge is 0.387 e. The van der Waals surface area contributed by atoms with Crippen LogP contribution in [0.3, 0.4) is 0 Å². The van der Waals surface area contributed by atoms with Gasteiger partial charge in [0.2, 0.25) is 10.0 Å². The molecule has 0 amide bonds. The molecular weight excluding hydrogens is 324 g/mol. The summed E-state index contributed by atoms with van der Waals surface area (Å²) < 4.78 is 27.1. The van der Waals surface area contributed by atoms with Crippen LogP contribution in [-0.4, -0.2) is 33.7 Å². The predicted molar refractivity (Wildman–Crippen MR) is 94.7 cm³/mol. The Kier molecular flexibility index (Phi) is 4.62. The number of anilines is 1. The Morgan fingerprint density at radius 3 is 2.79 bits per heavy atom. The van der Waals surface area contributed by atoms with E-state index in [0.717, 1.165) is 24.1 Å². The van der Waals surface area contributed by atoms with E-state index < -0.39 is 16.1 Å². The number of aliphatic hydroxyl groups excluding tert-OH is 1. The van der Waals surface area contributed by atoms with Gasteiger partial charge in [0.1, 0.15) is 0 Å². The van der Waals surface area contributed by atoms with Gasteiger partial charge >= 0.3 is 0 Å². The minimum atomic E-state index is -3.62. The van der Waals surface area contributed by atoms with E-state index in [-0.39, 0.29) is 11.4 Å². The van der Waals surface area contributed by atoms with Gasteiger partial charge in [-0.05, 0) is 48.2 Å². The number of aliphatic hydroxyl groups is 1. The summed E-state index contributed by atoms with van der Waals surface area (Å²) in [6.45, 7) is 2.76. The second kappa shape index (κ2) is 6.55. The summed E-state index contributed by atoms with van der Waals surface area (Å²) in [6.07, 6.45) is 0.0716. The first-order chi connectivity index (χ1) is 11.4. The van der Waals surface area contributed by atoms with Crippen LogP contribution in [0.15, 0.2) is 47.4 Å². The molecule has 1 heterocycles. The molecule has 1 aliphatic rings. The smallest absolute Gasteiger partial charge is 0.240 e. The maximum Gasteiger partial charge on any atom is 0.240 e. The van der Waals surface area contributed by atoms with E-state index in [4.69, 9.17) is 0 Å². The van der Waals surface area contributed by atoms with E-state index >= 15 is 0 Å². The van der Waals surface area contributed by atoms with Crippen LogP contribution < -0.4 is 9.62 Å². The molecule has 1 atom stereocenters. The Labute approximate surface area is 143 Å². The molecule has 0 aromatic heterocycles. The highest BCUT2D eigenvalue weighted by Crippen LogP contribution is 2.29. The van der Waals surface area contributed by atoms with Gasteiger partial charge in [-0.3, -0.25) is 0 Å². The number of rotatable bonds is 5. The van der Waals surface area contributed by atoms with Crippen molar-refractivity contribution in [1.82, 2.24) is 4.72 Å². The Balaban J connectivity index is 1.70. The van der Waals surface area contributed by atoms with Crippen molar-refractivity contribution in [2.45, 2.75) is 24.3 Å². The summed E-state index contributed by atoms with van der Waals surface area (Å²) in [6, 6.07) is 12.5. The van der Waals surface area contributed by atoms with Crippen molar-refractivity contribution in [3.63, 3.8) is 0 Å². The molecule has 6 heteroatoms. The molecule has 0 radical (unpaired) electrons. The van der Waals surface area contributed by atoms with Gasteiger partial charge in [-0.15, -0.1) is 0 Å². The predicted octanol–water partition coefficient (Wildman–Crippen LogP) is 2.00. The Morgan fingerprint density at radius 1 is 1.25 bits per heavy atom. The second-order valence-electron chi connectivity index (χ2n) is 6.24. The SMILES string of the molecule is Cc1cccc(S(=O)(=O)NC[C@@H](O)c2ccc3c(c2)CCN3C)c1. The molecule has 2 aromatic carbocycles. The average Bonchev–Trinajstić information content (AvgIpc) is 2.93. The maximum atomic E-state index is 12.3. The lowest BCUT2D eigenvalue weighted by atomic mass is 10.0. The lowest BCUT2D eigenvalue weighted by Crippen LogP contribution is -2.28. The molecule has 128 valence electrons. The number of likely N-dealkylation sites (N-methyl/N-ethyl adjacent to an activating group) is 1. The quantitative estimate of drug-likeness (QED) is 0.869. The summed E-state index contributed by atoms with van der Waals surface area (Å²) in [7, 11) is -1.58. The van der Waals surface area contributed by atoms with Crippen molar-refractivity contribution in [1.29, 1.82) is 0 Å². The molecule has 3 rings (SSSR count). The van der Waals surface area contributed by atoms with Gasteiger partial charge in [-0.25, -0.2) is 13.1 Å². The molecule has 0 bridgehead atoms. The zero-order valence-electron chi connectivity index (χ0n) is 13.9. The Morgan fingerprint density at radius 2 is 2.04 bits per heavy atom. The summed E-state index contributed by atoms with van der Waals surface area (Å²) >= 11 is 0. The third-order valence-corrected chi connectivity index (χ3v) is 5.80. The standard InChI is InChI=1S/C18H22N2O3S/c1-13-4-3-5-16(10-13)24(22,23)19-12-18(21)15-6-7-17-14(11-15)8-9-20(17)2/h3-7,10-11,18-19,21H,8-9,12H2,1-2H3/t18-/m1/s1. The molecule has 2 N–H and O–H groups in total. The molecule has 0 unspecified atom stereocenters. The van der Waals surface area contributed by atoms with Crippen LogP contribution in [0.1, 0.15) is 22.8 Å². The van der Waals surface area contributed by atoms with Crippen LogP contribution in [0.25, 0.3) is 0 Å². The van der Waals surface area contributed by atoms with Crippen molar-refractivity contribution in [3.8, 4) is 0 Å². The number of fused-ring (bicyclic) bond motifs is 1. The van der Waals surface area contributed by atoms with Gasteiger partial charge in [0, 0.05) is 25.8 Å². The van der Waals surface area contributed by atoms with E-state index in [2.05, 4.69) is 9.62 Å². The van der Waals surface area contributed by atoms with Gasteiger partial charge < -0.3 is 10.0 Å². The average molecular weight is 346 g/mol. The summed E-state index contributed by atoms with van der Waals surface area (Å²) in [5, 5.41) is 10.3. The zero-order chi connectivity index (χ0) is 17.3. The van der Waals surface area contributed by atoms with Crippen LogP contribution in [-0.2, 0) is 16.4 Å². The van der Waals surface area contributed by atoms with Crippen molar-refractivity contribution < 1.29 is 13.5 Å². The summed E-state index contributed by atoms with van der Waals surface area (Å²) in [5.74, 6) is 0. The van der Waals surface area contributed by atoms with Gasteiger partial charge in [0.15, 0.2) is 0 Å². The minimum absolute atomic E-state index is 0.0507. The van der Waals surface area contributed by atoms with Crippen LogP contribution in [0.4, 0.5) is 5.69 Å². The number of sulfonamides is 1. The van der Waals surface area contributed by atoms with E-state index in [0.29, 0.717) is 0 Å². The number of aryl methyl sites for hydroxylation is 1. The number of nitrogens with one attached hydrogen (secondary N) is 1. The first kappa shape index (κ1) is 17.0. The molecular formula is C18H22N2O3S. The number of benzene rings is 2. The van der Waals surface area contributed by atoms with Crippen LogP contribution in [0, 0.1) is 6.92 Å². The molecule has 2 aromatic rings. The van der Waals surface area contributed by atoms with E-state index in [1.54, 1.807) is 18.2 Å². The molecule has 0 saturated heterocycles. The Bertz CT molecular complexity index is 849. The van der Waals surface area contributed by atoms with Gasteiger partial charge in [0.05, 0.1) is 11.0 Å². The fourth-order valence-electron chi connectivity index (χ4n) is 2.97. The van der Waals surface area contributed by atoms with Crippen LogP contribution in [0.5, 0.6) is 0 Å². The fourth-order valence-corrected chi connectivity index (χ4v) is 4.11.